The molecule has 0 spiro atoms. The van der Waals surface area contributed by atoms with Gasteiger partial charge in [-0.3, -0.25) is 4.68 Å². The maximum Gasteiger partial charge on any atom is 0.137 e. The molecule has 2 aromatic rings. The van der Waals surface area contributed by atoms with Gasteiger partial charge < -0.3 is 5.11 Å². The summed E-state index contributed by atoms with van der Waals surface area (Å²) in [5, 5.41) is 14.1. The first-order chi connectivity index (χ1) is 7.59. The van der Waals surface area contributed by atoms with E-state index in [1.807, 2.05) is 0 Å². The third-order valence-corrected chi connectivity index (χ3v) is 3.13. The third-order valence-electron chi connectivity index (χ3n) is 2.29. The number of benzene rings is 1. The van der Waals surface area contributed by atoms with E-state index in [9.17, 15) is 9.50 Å². The molecule has 0 radical (unpaired) electrons. The molecule has 0 aliphatic rings. The van der Waals surface area contributed by atoms with Crippen molar-refractivity contribution in [3.8, 4) is 0 Å². The number of hydrogen-bond acceptors (Lipinski definition) is 2. The highest BCUT2D eigenvalue weighted by Gasteiger charge is 2.17. The third kappa shape index (κ3) is 2.01. The van der Waals surface area contributed by atoms with Crippen LogP contribution in [0.15, 0.2) is 34.9 Å². The molecule has 0 aliphatic carbocycles. The zero-order chi connectivity index (χ0) is 11.7. The lowest BCUT2D eigenvalue weighted by Gasteiger charge is -2.10. The molecule has 1 atom stereocenters. The van der Waals surface area contributed by atoms with Gasteiger partial charge in [0.15, 0.2) is 0 Å². The lowest BCUT2D eigenvalue weighted by molar-refractivity contribution is 0.213. The van der Waals surface area contributed by atoms with Gasteiger partial charge in [-0.15, -0.1) is 0 Å². The summed E-state index contributed by atoms with van der Waals surface area (Å²) in [6, 6.07) is 6.24. The molecule has 5 heteroatoms. The molecule has 1 aromatic heterocycles. The van der Waals surface area contributed by atoms with Crippen LogP contribution in [0, 0.1) is 5.82 Å². The summed E-state index contributed by atoms with van der Waals surface area (Å²) in [5.74, 6) is -0.396. The molecule has 0 saturated carbocycles. The first-order valence-electron chi connectivity index (χ1n) is 4.71. The van der Waals surface area contributed by atoms with E-state index in [4.69, 9.17) is 0 Å². The van der Waals surface area contributed by atoms with Crippen LogP contribution in [-0.4, -0.2) is 14.9 Å². The summed E-state index contributed by atoms with van der Waals surface area (Å²) in [5.41, 5.74) is 0.965. The molecule has 2 rings (SSSR count). The van der Waals surface area contributed by atoms with Gasteiger partial charge in [0.25, 0.3) is 0 Å². The smallest absolute Gasteiger partial charge is 0.137 e. The monoisotopic (exact) mass is 284 g/mol. The molecule has 1 aromatic carbocycles. The zero-order valence-corrected chi connectivity index (χ0v) is 10.1. The molecular formula is C11H10BrFN2O. The van der Waals surface area contributed by atoms with Crippen molar-refractivity contribution >= 4 is 15.9 Å². The van der Waals surface area contributed by atoms with Gasteiger partial charge in [-0.2, -0.15) is 5.10 Å². The van der Waals surface area contributed by atoms with E-state index >= 15 is 0 Å². The molecule has 1 N–H and O–H groups in total. The van der Waals surface area contributed by atoms with Crippen LogP contribution in [0.1, 0.15) is 17.4 Å². The molecule has 1 unspecified atom stereocenters. The van der Waals surface area contributed by atoms with Gasteiger partial charge in [-0.05, 0) is 28.1 Å². The highest BCUT2D eigenvalue weighted by molar-refractivity contribution is 9.10. The first kappa shape index (κ1) is 11.3. The zero-order valence-electron chi connectivity index (χ0n) is 8.56. The highest BCUT2D eigenvalue weighted by Crippen LogP contribution is 2.29. The van der Waals surface area contributed by atoms with Crippen LogP contribution in [0.5, 0.6) is 0 Å². The summed E-state index contributed by atoms with van der Waals surface area (Å²) in [7, 11) is 1.76. The van der Waals surface area contributed by atoms with Gasteiger partial charge in [0.1, 0.15) is 11.9 Å². The number of aliphatic hydroxyl groups is 1. The van der Waals surface area contributed by atoms with E-state index in [0.29, 0.717) is 11.3 Å². The van der Waals surface area contributed by atoms with Crippen LogP contribution in [-0.2, 0) is 7.05 Å². The van der Waals surface area contributed by atoms with Gasteiger partial charge in [-0.25, -0.2) is 4.39 Å². The predicted octanol–water partition coefficient (Wildman–Crippen LogP) is 2.40. The molecular weight excluding hydrogens is 275 g/mol. The summed E-state index contributed by atoms with van der Waals surface area (Å²) < 4.78 is 15.1. The molecule has 0 fully saturated rings. The Balaban J connectivity index is 2.41. The molecule has 0 bridgehead atoms. The van der Waals surface area contributed by atoms with Gasteiger partial charge in [0.2, 0.25) is 0 Å². The van der Waals surface area contributed by atoms with Crippen molar-refractivity contribution in [1.29, 1.82) is 0 Å². The van der Waals surface area contributed by atoms with Gasteiger partial charge >= 0.3 is 0 Å². The van der Waals surface area contributed by atoms with Gasteiger partial charge in [-0.1, -0.05) is 12.1 Å². The van der Waals surface area contributed by atoms with Crippen LogP contribution in [0.25, 0.3) is 0 Å². The second kappa shape index (κ2) is 4.35. The standard InChI is InChI=1S/C11H10BrFN2O/c1-15-6-5-9(14-15)11(16)7-3-2-4-8(13)10(7)12/h2-6,11,16H,1H3. The predicted molar refractivity (Wildman–Crippen MR) is 61.4 cm³/mol. The number of rotatable bonds is 2. The van der Waals surface area contributed by atoms with Crippen LogP contribution >= 0.6 is 15.9 Å². The average Bonchev–Trinajstić information content (AvgIpc) is 2.68. The second-order valence-electron chi connectivity index (χ2n) is 3.46. The average molecular weight is 285 g/mol. The Hall–Kier alpha value is -1.20. The minimum Gasteiger partial charge on any atom is -0.382 e. The number of aliphatic hydroxyl groups excluding tert-OH is 1. The molecule has 16 heavy (non-hydrogen) atoms. The van der Waals surface area contributed by atoms with E-state index in [0.717, 1.165) is 0 Å². The fourth-order valence-electron chi connectivity index (χ4n) is 1.47. The Bertz CT molecular complexity index is 512. The van der Waals surface area contributed by atoms with E-state index in [2.05, 4.69) is 21.0 Å². The quantitative estimate of drug-likeness (QED) is 0.920. The normalized spacial score (nSPS) is 12.8. The van der Waals surface area contributed by atoms with Gasteiger partial charge in [0.05, 0.1) is 10.2 Å². The van der Waals surface area contributed by atoms with Crippen LogP contribution in [0.4, 0.5) is 4.39 Å². The van der Waals surface area contributed by atoms with Gasteiger partial charge in [0, 0.05) is 18.8 Å². The maximum atomic E-state index is 13.3. The Labute approximate surface area is 101 Å². The summed E-state index contributed by atoms with van der Waals surface area (Å²) in [6.45, 7) is 0. The Morgan fingerprint density at radius 3 is 2.81 bits per heavy atom. The fourth-order valence-corrected chi connectivity index (χ4v) is 1.95. The van der Waals surface area contributed by atoms with E-state index < -0.39 is 11.9 Å². The minimum atomic E-state index is -0.925. The van der Waals surface area contributed by atoms with Crippen molar-refractivity contribution in [2.24, 2.45) is 7.05 Å². The Morgan fingerprint density at radius 2 is 2.19 bits per heavy atom. The number of aryl methyl sites for hydroxylation is 1. The minimum absolute atomic E-state index is 0.271. The maximum absolute atomic E-state index is 13.3. The van der Waals surface area contributed by atoms with E-state index in [1.54, 1.807) is 36.1 Å². The topological polar surface area (TPSA) is 38.0 Å². The second-order valence-corrected chi connectivity index (χ2v) is 4.25. The summed E-state index contributed by atoms with van der Waals surface area (Å²) in [6.07, 6.45) is 0.803. The fraction of sp³-hybridized carbons (Fsp3) is 0.182. The number of aromatic nitrogens is 2. The van der Waals surface area contributed by atoms with E-state index in [-0.39, 0.29) is 4.47 Å². The lowest BCUT2D eigenvalue weighted by Crippen LogP contribution is -2.03. The van der Waals surface area contributed by atoms with Crippen molar-refractivity contribution in [2.45, 2.75) is 6.10 Å². The number of halogens is 2. The van der Waals surface area contributed by atoms with Crippen LogP contribution < -0.4 is 0 Å². The Kier molecular flexibility index (Phi) is 3.07. The molecule has 84 valence electrons. The SMILES string of the molecule is Cn1ccc(C(O)c2cccc(F)c2Br)n1. The molecule has 0 amide bonds. The van der Waals surface area contributed by atoms with Crippen LogP contribution in [0.3, 0.4) is 0 Å². The van der Waals surface area contributed by atoms with Crippen molar-refractivity contribution in [2.75, 3.05) is 0 Å². The number of hydrogen-bond donors (Lipinski definition) is 1. The lowest BCUT2D eigenvalue weighted by atomic mass is 10.1. The van der Waals surface area contributed by atoms with Crippen molar-refractivity contribution in [1.82, 2.24) is 9.78 Å². The Morgan fingerprint density at radius 1 is 1.44 bits per heavy atom. The molecule has 0 saturated heterocycles. The summed E-state index contributed by atoms with van der Waals surface area (Å²) >= 11 is 3.12. The van der Waals surface area contributed by atoms with Crippen LogP contribution in [0.2, 0.25) is 0 Å². The highest BCUT2D eigenvalue weighted by atomic mass is 79.9. The van der Waals surface area contributed by atoms with Crippen molar-refractivity contribution in [3.63, 3.8) is 0 Å². The molecule has 3 nitrogen and oxygen atoms in total. The summed E-state index contributed by atoms with van der Waals surface area (Å²) in [4.78, 5) is 0. The first-order valence-corrected chi connectivity index (χ1v) is 5.50. The van der Waals surface area contributed by atoms with Crippen molar-refractivity contribution < 1.29 is 9.50 Å². The van der Waals surface area contributed by atoms with Crippen molar-refractivity contribution in [3.05, 3.63) is 52.0 Å². The largest absolute Gasteiger partial charge is 0.382 e. The van der Waals surface area contributed by atoms with E-state index in [1.165, 1.54) is 6.07 Å². The molecule has 1 heterocycles. The number of nitrogens with zero attached hydrogens (tertiary/aromatic N) is 2. The molecule has 0 aliphatic heterocycles.